The Morgan fingerprint density at radius 1 is 1.28 bits per heavy atom. The Bertz CT molecular complexity index is 253. The summed E-state index contributed by atoms with van der Waals surface area (Å²) in [5.74, 6) is 0. The maximum atomic E-state index is 8.71. The molecule has 0 aromatic rings. The number of nitrogens with two attached hydrogens (primary N) is 1. The molecule has 0 aliphatic carbocycles. The lowest BCUT2D eigenvalue weighted by Gasteiger charge is -2.40. The van der Waals surface area contributed by atoms with E-state index >= 15 is 0 Å². The molecule has 1 aliphatic rings. The third kappa shape index (κ3) is 4.68. The Labute approximate surface area is 120 Å². The molecule has 0 aromatic carbocycles. The third-order valence-corrected chi connectivity index (χ3v) is 5.82. The molecule has 1 saturated heterocycles. The van der Waals surface area contributed by atoms with Crippen LogP contribution in [-0.2, 0) is 0 Å². The van der Waals surface area contributed by atoms with E-state index in [1.807, 2.05) is 11.8 Å². The quantitative estimate of drug-likeness (QED) is 0.529. The molecular formula is C13H26N2OS2. The molecule has 0 unspecified atom stereocenters. The first-order chi connectivity index (χ1) is 8.64. The second kappa shape index (κ2) is 8.35. The molecule has 1 heterocycles. The number of unbranched alkanes of at least 4 members (excludes halogenated alkanes) is 3. The first kappa shape index (κ1) is 16.2. The molecule has 3 nitrogen and oxygen atoms in total. The van der Waals surface area contributed by atoms with E-state index < -0.39 is 0 Å². The second-order valence-corrected chi connectivity index (χ2v) is 6.67. The molecule has 0 aromatic heterocycles. The first-order valence-electron chi connectivity index (χ1n) is 6.83. The highest BCUT2D eigenvalue weighted by Crippen LogP contribution is 2.34. The zero-order chi connectivity index (χ0) is 13.4. The van der Waals surface area contributed by atoms with Gasteiger partial charge in [-0.25, -0.2) is 0 Å². The van der Waals surface area contributed by atoms with Crippen LogP contribution in [0.25, 0.3) is 0 Å². The van der Waals surface area contributed by atoms with Crippen molar-refractivity contribution in [3.8, 4) is 0 Å². The average molecular weight is 290 g/mol. The van der Waals surface area contributed by atoms with Crippen LogP contribution in [0.3, 0.4) is 0 Å². The standard InChI is InChI=1S/C13H26N2OS2/c1-18-13(12(14)17)6-9-15(10-7-13)8-4-2-3-5-11-16/h16H,2-11H2,1H3,(H2,14,17). The van der Waals surface area contributed by atoms with Gasteiger partial charge in [-0.05, 0) is 51.6 Å². The number of aliphatic hydroxyl groups is 1. The van der Waals surface area contributed by atoms with Crippen molar-refractivity contribution < 1.29 is 5.11 Å². The van der Waals surface area contributed by atoms with Gasteiger partial charge >= 0.3 is 0 Å². The number of rotatable bonds is 8. The largest absolute Gasteiger partial charge is 0.396 e. The fourth-order valence-corrected chi connectivity index (χ4v) is 3.74. The Hall–Kier alpha value is 0.160. The molecule has 0 bridgehead atoms. The van der Waals surface area contributed by atoms with E-state index in [-0.39, 0.29) is 4.75 Å². The molecule has 18 heavy (non-hydrogen) atoms. The summed E-state index contributed by atoms with van der Waals surface area (Å²) in [7, 11) is 0. The van der Waals surface area contributed by atoms with Crippen LogP contribution in [0, 0.1) is 0 Å². The highest BCUT2D eigenvalue weighted by atomic mass is 32.2. The molecule has 1 rings (SSSR count). The molecule has 0 amide bonds. The van der Waals surface area contributed by atoms with Gasteiger partial charge in [0.05, 0.1) is 9.74 Å². The Balaban J connectivity index is 2.20. The van der Waals surface area contributed by atoms with Crippen LogP contribution < -0.4 is 5.73 Å². The molecule has 0 radical (unpaired) electrons. The van der Waals surface area contributed by atoms with Crippen molar-refractivity contribution in [3.63, 3.8) is 0 Å². The van der Waals surface area contributed by atoms with Crippen LogP contribution in [0.5, 0.6) is 0 Å². The van der Waals surface area contributed by atoms with Crippen molar-refractivity contribution in [2.75, 3.05) is 32.5 Å². The highest BCUT2D eigenvalue weighted by molar-refractivity contribution is 8.02. The van der Waals surface area contributed by atoms with Crippen LogP contribution in [0.2, 0.25) is 0 Å². The van der Waals surface area contributed by atoms with Crippen LogP contribution in [-0.4, -0.2) is 52.2 Å². The molecule has 0 atom stereocenters. The van der Waals surface area contributed by atoms with Gasteiger partial charge in [0.25, 0.3) is 0 Å². The van der Waals surface area contributed by atoms with Crippen LogP contribution in [0.1, 0.15) is 38.5 Å². The number of aliphatic hydroxyl groups excluding tert-OH is 1. The zero-order valence-electron chi connectivity index (χ0n) is 11.4. The molecule has 0 spiro atoms. The summed E-state index contributed by atoms with van der Waals surface area (Å²) < 4.78 is 0.0444. The van der Waals surface area contributed by atoms with Crippen LogP contribution in [0.15, 0.2) is 0 Å². The maximum Gasteiger partial charge on any atom is 0.0891 e. The number of thioether (sulfide) groups is 1. The Morgan fingerprint density at radius 3 is 2.39 bits per heavy atom. The number of thiocarbonyl (C=S) groups is 1. The van der Waals surface area contributed by atoms with Gasteiger partial charge in [-0.2, -0.15) is 11.8 Å². The Morgan fingerprint density at radius 2 is 1.89 bits per heavy atom. The van der Waals surface area contributed by atoms with Gasteiger partial charge in [0.15, 0.2) is 0 Å². The lowest BCUT2D eigenvalue weighted by Crippen LogP contribution is -2.49. The van der Waals surface area contributed by atoms with Gasteiger partial charge in [0.1, 0.15) is 0 Å². The fourth-order valence-electron chi connectivity index (χ4n) is 2.49. The lowest BCUT2D eigenvalue weighted by atomic mass is 9.95. The first-order valence-corrected chi connectivity index (χ1v) is 8.46. The van der Waals surface area contributed by atoms with Crippen LogP contribution in [0.4, 0.5) is 0 Å². The van der Waals surface area contributed by atoms with Crippen molar-refractivity contribution in [2.45, 2.75) is 43.3 Å². The van der Waals surface area contributed by atoms with Gasteiger partial charge in [0, 0.05) is 6.61 Å². The summed E-state index contributed by atoms with van der Waals surface area (Å²) >= 11 is 7.03. The van der Waals surface area contributed by atoms with Crippen molar-refractivity contribution >= 4 is 29.0 Å². The number of hydrogen-bond donors (Lipinski definition) is 2. The van der Waals surface area contributed by atoms with Crippen molar-refractivity contribution in [2.24, 2.45) is 5.73 Å². The molecule has 0 saturated carbocycles. The highest BCUT2D eigenvalue weighted by Gasteiger charge is 2.36. The minimum absolute atomic E-state index is 0.0444. The number of hydrogen-bond acceptors (Lipinski definition) is 4. The maximum absolute atomic E-state index is 8.71. The number of nitrogens with zero attached hydrogens (tertiary/aromatic N) is 1. The zero-order valence-corrected chi connectivity index (χ0v) is 13.0. The van der Waals surface area contributed by atoms with Crippen LogP contribution >= 0.6 is 24.0 Å². The monoisotopic (exact) mass is 290 g/mol. The SMILES string of the molecule is CSC1(C(N)=S)CCN(CCCCCCO)CC1. The summed E-state index contributed by atoms with van der Waals surface area (Å²) in [6.45, 7) is 3.72. The summed E-state index contributed by atoms with van der Waals surface area (Å²) in [6, 6.07) is 0. The Kier molecular flexibility index (Phi) is 7.53. The van der Waals surface area contributed by atoms with Crippen molar-refractivity contribution in [1.29, 1.82) is 0 Å². The molecule has 3 N–H and O–H groups in total. The molecule has 5 heteroatoms. The number of likely N-dealkylation sites (tertiary alicyclic amines) is 1. The average Bonchev–Trinajstić information content (AvgIpc) is 2.39. The van der Waals surface area contributed by atoms with E-state index in [1.165, 1.54) is 19.4 Å². The summed E-state index contributed by atoms with van der Waals surface area (Å²) in [5, 5.41) is 8.71. The number of piperidine rings is 1. The van der Waals surface area contributed by atoms with E-state index in [0.29, 0.717) is 11.6 Å². The van der Waals surface area contributed by atoms with E-state index in [0.717, 1.165) is 38.8 Å². The topological polar surface area (TPSA) is 49.5 Å². The second-order valence-electron chi connectivity index (χ2n) is 5.04. The predicted molar refractivity (Wildman–Crippen MR) is 84.3 cm³/mol. The minimum atomic E-state index is 0.0444. The van der Waals surface area contributed by atoms with E-state index in [1.54, 1.807) is 0 Å². The van der Waals surface area contributed by atoms with Gasteiger partial charge in [-0.1, -0.05) is 25.1 Å². The van der Waals surface area contributed by atoms with E-state index in [2.05, 4.69) is 11.2 Å². The van der Waals surface area contributed by atoms with E-state index in [9.17, 15) is 0 Å². The minimum Gasteiger partial charge on any atom is -0.396 e. The van der Waals surface area contributed by atoms with Gasteiger partial charge in [0.2, 0.25) is 0 Å². The predicted octanol–water partition coefficient (Wildman–Crippen LogP) is 2.02. The molecular weight excluding hydrogens is 264 g/mol. The van der Waals surface area contributed by atoms with Crippen molar-refractivity contribution in [3.05, 3.63) is 0 Å². The summed E-state index contributed by atoms with van der Waals surface area (Å²) in [6.07, 6.45) is 8.83. The third-order valence-electron chi connectivity index (χ3n) is 3.89. The van der Waals surface area contributed by atoms with E-state index in [4.69, 9.17) is 23.1 Å². The molecule has 1 fully saturated rings. The normalized spacial score (nSPS) is 19.9. The summed E-state index contributed by atoms with van der Waals surface area (Å²) in [5.41, 5.74) is 5.88. The molecule has 1 aliphatic heterocycles. The van der Waals surface area contributed by atoms with Gasteiger partial charge < -0.3 is 15.7 Å². The smallest absolute Gasteiger partial charge is 0.0891 e. The lowest BCUT2D eigenvalue weighted by molar-refractivity contribution is 0.214. The van der Waals surface area contributed by atoms with Gasteiger partial charge in [-0.3, -0.25) is 0 Å². The summed E-state index contributed by atoms with van der Waals surface area (Å²) in [4.78, 5) is 3.20. The fraction of sp³-hybridized carbons (Fsp3) is 0.923. The van der Waals surface area contributed by atoms with Gasteiger partial charge in [-0.15, -0.1) is 0 Å². The molecule has 106 valence electrons. The van der Waals surface area contributed by atoms with Crippen molar-refractivity contribution in [1.82, 2.24) is 4.90 Å².